The van der Waals surface area contributed by atoms with Crippen molar-refractivity contribution in [2.45, 2.75) is 33.1 Å². The van der Waals surface area contributed by atoms with Crippen LogP contribution in [0.25, 0.3) is 0 Å². The third-order valence-corrected chi connectivity index (χ3v) is 7.06. The summed E-state index contributed by atoms with van der Waals surface area (Å²) in [6, 6.07) is 0. The van der Waals surface area contributed by atoms with Crippen LogP contribution in [-0.4, -0.2) is 33.3 Å². The fourth-order valence-electron chi connectivity index (χ4n) is 3.13. The van der Waals surface area contributed by atoms with Crippen LogP contribution in [0.4, 0.5) is 0 Å². The largest absolute Gasteiger partial charge is 0.351 e. The van der Waals surface area contributed by atoms with Gasteiger partial charge in [-0.05, 0) is 31.4 Å². The van der Waals surface area contributed by atoms with E-state index in [2.05, 4.69) is 31.0 Å². The zero-order valence-corrected chi connectivity index (χ0v) is 19.0. The summed E-state index contributed by atoms with van der Waals surface area (Å²) in [6.45, 7) is 4.79. The van der Waals surface area contributed by atoms with Crippen molar-refractivity contribution in [2.75, 3.05) is 13.1 Å². The highest BCUT2D eigenvalue weighted by molar-refractivity contribution is 9.11. The van der Waals surface area contributed by atoms with Gasteiger partial charge in [-0.2, -0.15) is 0 Å². The van der Waals surface area contributed by atoms with Gasteiger partial charge in [-0.25, -0.2) is 8.42 Å². The average molecular weight is 480 g/mol. The lowest BCUT2D eigenvalue weighted by Gasteiger charge is -2.26. The van der Waals surface area contributed by atoms with Crippen LogP contribution >= 0.6 is 15.9 Å². The van der Waals surface area contributed by atoms with Gasteiger partial charge in [-0.1, -0.05) is 60.2 Å². The van der Waals surface area contributed by atoms with Crippen molar-refractivity contribution < 1.29 is 13.2 Å². The van der Waals surface area contributed by atoms with Gasteiger partial charge < -0.3 is 5.32 Å². The molecule has 0 aromatic rings. The second kappa shape index (κ2) is 8.83. The molecule has 0 spiro atoms. The number of sulfonamides is 1. The Kier molecular flexibility index (Phi) is 6.63. The van der Waals surface area contributed by atoms with Gasteiger partial charge in [0.25, 0.3) is 15.9 Å². The molecule has 1 unspecified atom stereocenters. The molecule has 0 saturated carbocycles. The first-order valence-corrected chi connectivity index (χ1v) is 11.9. The van der Waals surface area contributed by atoms with E-state index in [1.807, 2.05) is 44.2 Å². The number of amidine groups is 1. The minimum absolute atomic E-state index is 0.116. The van der Waals surface area contributed by atoms with Gasteiger partial charge in [0.1, 0.15) is 5.84 Å². The van der Waals surface area contributed by atoms with Crippen molar-refractivity contribution in [3.05, 3.63) is 57.5 Å². The second-order valence-corrected chi connectivity index (χ2v) is 10.7. The monoisotopic (exact) mass is 479 g/mol. The van der Waals surface area contributed by atoms with Crippen LogP contribution in [-0.2, 0) is 14.8 Å². The molecule has 1 aliphatic heterocycles. The molecule has 2 aliphatic carbocycles. The molecule has 2 bridgehead atoms. The standard InChI is InChI=1S/C21H26BrN3O3S/c1-21(2,14-24-20(26)17-10-6-7-11-18(17)22)13-23-19-15-8-4-3-5-9-16(12-15)29(27,28)25-19/h4-6,8-10,12,15H,3,7,11,13-14H2,1-2H3,(H,23,25)(H,24,26)/b8-4-,9-5-. The van der Waals surface area contributed by atoms with Gasteiger partial charge >= 0.3 is 0 Å². The minimum atomic E-state index is -3.59. The van der Waals surface area contributed by atoms with Crippen LogP contribution in [0, 0.1) is 11.3 Å². The lowest BCUT2D eigenvalue weighted by atomic mass is 9.93. The number of amides is 1. The molecule has 1 atom stereocenters. The summed E-state index contributed by atoms with van der Waals surface area (Å²) in [4.78, 5) is 17.3. The molecule has 2 N–H and O–H groups in total. The Morgan fingerprint density at radius 3 is 2.86 bits per heavy atom. The van der Waals surface area contributed by atoms with Gasteiger partial charge in [0.2, 0.25) is 0 Å². The molecule has 156 valence electrons. The molecule has 0 saturated heterocycles. The molecule has 8 heteroatoms. The molecule has 3 aliphatic rings. The number of fused-ring (bicyclic) bond motifs is 1. The Hall–Kier alpha value is -1.93. The zero-order valence-electron chi connectivity index (χ0n) is 16.6. The van der Waals surface area contributed by atoms with E-state index in [1.54, 1.807) is 12.2 Å². The summed E-state index contributed by atoms with van der Waals surface area (Å²) in [5.41, 5.74) is 0.318. The van der Waals surface area contributed by atoms with Crippen LogP contribution in [0.1, 0.15) is 33.1 Å². The number of carbonyl (C=O) groups is 1. The van der Waals surface area contributed by atoms with Gasteiger partial charge in [0.05, 0.1) is 10.8 Å². The van der Waals surface area contributed by atoms with Crippen LogP contribution in [0.15, 0.2) is 62.5 Å². The number of allylic oxidation sites excluding steroid dienone is 5. The van der Waals surface area contributed by atoms with Gasteiger partial charge in [0, 0.05) is 28.6 Å². The number of nitrogens with zero attached hydrogens (tertiary/aromatic N) is 1. The molecule has 6 nitrogen and oxygen atoms in total. The Morgan fingerprint density at radius 2 is 2.10 bits per heavy atom. The maximum atomic E-state index is 12.5. The molecule has 29 heavy (non-hydrogen) atoms. The van der Waals surface area contributed by atoms with E-state index >= 15 is 0 Å². The Balaban J connectivity index is 1.68. The summed E-state index contributed by atoms with van der Waals surface area (Å²) in [5.74, 6) is 0.104. The predicted molar refractivity (Wildman–Crippen MR) is 120 cm³/mol. The normalized spacial score (nSPS) is 26.8. The molecule has 0 aromatic carbocycles. The van der Waals surface area contributed by atoms with Gasteiger partial charge in [-0.3, -0.25) is 14.5 Å². The first kappa shape index (κ1) is 21.8. The molecule has 1 amide bonds. The maximum Gasteiger partial charge on any atom is 0.262 e. The molecular weight excluding hydrogens is 454 g/mol. The number of carbonyl (C=O) groups excluding carboxylic acids is 1. The molecule has 3 rings (SSSR count). The first-order valence-electron chi connectivity index (χ1n) is 9.63. The Bertz CT molecular complexity index is 969. The summed E-state index contributed by atoms with van der Waals surface area (Å²) >= 11 is 3.47. The van der Waals surface area contributed by atoms with E-state index in [0.717, 1.165) is 17.3 Å². The van der Waals surface area contributed by atoms with Crippen molar-refractivity contribution in [1.82, 2.24) is 10.0 Å². The van der Waals surface area contributed by atoms with Crippen molar-refractivity contribution in [2.24, 2.45) is 16.3 Å². The fraction of sp³-hybridized carbons (Fsp3) is 0.429. The number of aliphatic imine (C=N–C) groups is 1. The fourth-order valence-corrected chi connectivity index (χ4v) is 4.87. The van der Waals surface area contributed by atoms with E-state index in [4.69, 9.17) is 0 Å². The topological polar surface area (TPSA) is 87.6 Å². The number of hydrogen-bond donors (Lipinski definition) is 2. The van der Waals surface area contributed by atoms with Crippen molar-refractivity contribution in [3.63, 3.8) is 0 Å². The van der Waals surface area contributed by atoms with Crippen LogP contribution in [0.5, 0.6) is 0 Å². The smallest absolute Gasteiger partial charge is 0.262 e. The molecule has 0 aromatic heterocycles. The number of rotatable bonds is 5. The van der Waals surface area contributed by atoms with E-state index < -0.39 is 10.0 Å². The van der Waals surface area contributed by atoms with E-state index in [9.17, 15) is 13.2 Å². The van der Waals surface area contributed by atoms with Crippen LogP contribution in [0.3, 0.4) is 0 Å². The summed E-state index contributed by atoms with van der Waals surface area (Å²) < 4.78 is 28.3. The van der Waals surface area contributed by atoms with Gasteiger partial charge in [-0.15, -0.1) is 0 Å². The highest BCUT2D eigenvalue weighted by Gasteiger charge is 2.29. The number of halogens is 1. The molecule has 0 radical (unpaired) electrons. The lowest BCUT2D eigenvalue weighted by Crippen LogP contribution is -2.41. The lowest BCUT2D eigenvalue weighted by molar-refractivity contribution is -0.117. The van der Waals surface area contributed by atoms with E-state index in [-0.39, 0.29) is 22.1 Å². The van der Waals surface area contributed by atoms with Gasteiger partial charge in [0.15, 0.2) is 0 Å². The van der Waals surface area contributed by atoms with E-state index in [0.29, 0.717) is 30.9 Å². The van der Waals surface area contributed by atoms with Crippen LogP contribution in [0.2, 0.25) is 0 Å². The SMILES string of the molecule is CC(C)(CN=C1NS(=O)(=O)C2=CC1/C=C\C/C=C\2)CNC(=O)C1=C(Br)CCC=C1. The predicted octanol–water partition coefficient (Wildman–Crippen LogP) is 3.48. The minimum Gasteiger partial charge on any atom is -0.351 e. The summed E-state index contributed by atoms with van der Waals surface area (Å²) in [6.07, 6.45) is 15.4. The maximum absolute atomic E-state index is 12.5. The Labute approximate surface area is 180 Å². The molecular formula is C21H26BrN3O3S. The zero-order chi connectivity index (χ0) is 21.1. The third kappa shape index (κ3) is 5.57. The average Bonchev–Trinajstić information content (AvgIpc) is 2.63. The molecule has 1 heterocycles. The summed E-state index contributed by atoms with van der Waals surface area (Å²) in [5, 5.41) is 2.97. The number of hydrogen-bond acceptors (Lipinski definition) is 4. The van der Waals surface area contributed by atoms with Crippen LogP contribution < -0.4 is 10.0 Å². The first-order chi connectivity index (χ1) is 13.7. The van der Waals surface area contributed by atoms with Crippen molar-refractivity contribution in [3.8, 4) is 0 Å². The van der Waals surface area contributed by atoms with Crippen molar-refractivity contribution in [1.29, 1.82) is 0 Å². The quantitative estimate of drug-likeness (QED) is 0.591. The second-order valence-electron chi connectivity index (χ2n) is 8.07. The molecule has 0 fully saturated rings. The number of nitrogens with one attached hydrogen (secondary N) is 2. The van der Waals surface area contributed by atoms with Crippen molar-refractivity contribution >= 4 is 37.7 Å². The highest BCUT2D eigenvalue weighted by atomic mass is 79.9. The highest BCUT2D eigenvalue weighted by Crippen LogP contribution is 2.25. The van der Waals surface area contributed by atoms with E-state index in [1.165, 1.54) is 0 Å². The Morgan fingerprint density at radius 1 is 1.31 bits per heavy atom. The summed E-state index contributed by atoms with van der Waals surface area (Å²) in [7, 11) is -3.59. The third-order valence-electron chi connectivity index (χ3n) is 4.86.